The molecule has 4 nitrogen and oxygen atoms in total. The molecule has 2 unspecified atom stereocenters. The second-order valence-electron chi connectivity index (χ2n) is 3.90. The van der Waals surface area contributed by atoms with Gasteiger partial charge >= 0.3 is 0 Å². The van der Waals surface area contributed by atoms with Gasteiger partial charge in [0.25, 0.3) is 0 Å². The third-order valence-electron chi connectivity index (χ3n) is 2.31. The van der Waals surface area contributed by atoms with Crippen LogP contribution in [0.3, 0.4) is 0 Å². The first-order valence-corrected chi connectivity index (χ1v) is 5.07. The van der Waals surface area contributed by atoms with Crippen molar-refractivity contribution in [1.29, 1.82) is 0 Å². The van der Waals surface area contributed by atoms with E-state index < -0.39 is 6.10 Å². The van der Waals surface area contributed by atoms with Crippen LogP contribution in [0.1, 0.15) is 57.7 Å². The smallest absolute Gasteiger partial charge is 0.232 e. The van der Waals surface area contributed by atoms with Crippen LogP contribution >= 0.6 is 0 Å². The maximum atomic E-state index is 9.49. The van der Waals surface area contributed by atoms with Gasteiger partial charge in [0.15, 0.2) is 5.82 Å². The Kier molecular flexibility index (Phi) is 3.63. The van der Waals surface area contributed by atoms with E-state index in [4.69, 9.17) is 4.52 Å². The zero-order chi connectivity index (χ0) is 10.7. The van der Waals surface area contributed by atoms with Crippen LogP contribution in [0, 0.1) is 0 Å². The lowest BCUT2D eigenvalue weighted by atomic mass is 10.0. The van der Waals surface area contributed by atoms with Gasteiger partial charge < -0.3 is 9.63 Å². The van der Waals surface area contributed by atoms with Crippen molar-refractivity contribution >= 4 is 0 Å². The zero-order valence-corrected chi connectivity index (χ0v) is 9.19. The third kappa shape index (κ3) is 2.32. The van der Waals surface area contributed by atoms with Crippen molar-refractivity contribution in [2.45, 2.75) is 52.1 Å². The molecule has 14 heavy (non-hydrogen) atoms. The Bertz CT molecular complexity index is 281. The standard InChI is InChI=1S/C10H18N2O2/c1-5-8(7(4)13)10-11-9(6(2)3)12-14-10/h6-8,13H,5H2,1-4H3. The van der Waals surface area contributed by atoms with Crippen LogP contribution in [-0.4, -0.2) is 21.4 Å². The molecule has 0 bridgehead atoms. The van der Waals surface area contributed by atoms with E-state index in [1.54, 1.807) is 6.92 Å². The van der Waals surface area contributed by atoms with Gasteiger partial charge in [0.1, 0.15) is 0 Å². The van der Waals surface area contributed by atoms with Gasteiger partial charge in [-0.05, 0) is 13.3 Å². The number of aliphatic hydroxyl groups is 1. The second-order valence-corrected chi connectivity index (χ2v) is 3.90. The molecule has 1 aromatic rings. The molecule has 0 spiro atoms. The Morgan fingerprint density at radius 1 is 1.36 bits per heavy atom. The van der Waals surface area contributed by atoms with Crippen molar-refractivity contribution in [1.82, 2.24) is 10.1 Å². The Hall–Kier alpha value is -0.900. The first-order valence-electron chi connectivity index (χ1n) is 5.07. The molecule has 0 aliphatic carbocycles. The average Bonchev–Trinajstić information content (AvgIpc) is 2.53. The SMILES string of the molecule is CCC(c1nc(C(C)C)no1)C(C)O. The Balaban J connectivity index is 2.84. The summed E-state index contributed by atoms with van der Waals surface area (Å²) < 4.78 is 5.12. The fourth-order valence-corrected chi connectivity index (χ4v) is 1.35. The molecular formula is C10H18N2O2. The molecule has 1 aromatic heterocycles. The van der Waals surface area contributed by atoms with E-state index in [2.05, 4.69) is 10.1 Å². The van der Waals surface area contributed by atoms with Crippen LogP contribution in [0.25, 0.3) is 0 Å². The highest BCUT2D eigenvalue weighted by molar-refractivity contribution is 4.98. The fourth-order valence-electron chi connectivity index (χ4n) is 1.35. The van der Waals surface area contributed by atoms with Crippen LogP contribution < -0.4 is 0 Å². The molecule has 0 radical (unpaired) electrons. The molecule has 1 N–H and O–H groups in total. The van der Waals surface area contributed by atoms with Gasteiger partial charge in [-0.1, -0.05) is 25.9 Å². The number of aliphatic hydroxyl groups excluding tert-OH is 1. The van der Waals surface area contributed by atoms with Gasteiger partial charge in [0.05, 0.1) is 12.0 Å². The number of hydrogen-bond acceptors (Lipinski definition) is 4. The van der Waals surface area contributed by atoms with Crippen molar-refractivity contribution in [3.63, 3.8) is 0 Å². The summed E-state index contributed by atoms with van der Waals surface area (Å²) in [6.45, 7) is 7.76. The summed E-state index contributed by atoms with van der Waals surface area (Å²) in [5, 5.41) is 13.4. The van der Waals surface area contributed by atoms with E-state index in [1.165, 1.54) is 0 Å². The van der Waals surface area contributed by atoms with Crippen LogP contribution in [-0.2, 0) is 0 Å². The molecule has 1 heterocycles. The summed E-state index contributed by atoms with van der Waals surface area (Å²) in [5.74, 6) is 1.47. The van der Waals surface area contributed by atoms with E-state index in [0.29, 0.717) is 11.7 Å². The topological polar surface area (TPSA) is 59.2 Å². The number of rotatable bonds is 4. The molecule has 1 rings (SSSR count). The van der Waals surface area contributed by atoms with Crippen LogP contribution in [0.15, 0.2) is 4.52 Å². The largest absolute Gasteiger partial charge is 0.393 e. The minimum Gasteiger partial charge on any atom is -0.393 e. The molecule has 0 saturated carbocycles. The summed E-state index contributed by atoms with van der Waals surface area (Å²) >= 11 is 0. The molecule has 0 aromatic carbocycles. The normalized spacial score (nSPS) is 15.9. The van der Waals surface area contributed by atoms with Crippen molar-refractivity contribution in [3.8, 4) is 0 Å². The monoisotopic (exact) mass is 198 g/mol. The summed E-state index contributed by atoms with van der Waals surface area (Å²) in [6, 6.07) is 0. The Labute approximate surface area is 84.3 Å². The molecule has 0 aliphatic heterocycles. The maximum absolute atomic E-state index is 9.49. The fraction of sp³-hybridized carbons (Fsp3) is 0.800. The van der Waals surface area contributed by atoms with Crippen molar-refractivity contribution in [2.75, 3.05) is 0 Å². The second kappa shape index (κ2) is 4.55. The van der Waals surface area contributed by atoms with Gasteiger partial charge in [-0.15, -0.1) is 0 Å². The number of aromatic nitrogens is 2. The highest BCUT2D eigenvalue weighted by atomic mass is 16.5. The first-order chi connectivity index (χ1) is 6.56. The molecule has 0 saturated heterocycles. The minimum absolute atomic E-state index is 0.0463. The zero-order valence-electron chi connectivity index (χ0n) is 9.19. The van der Waals surface area contributed by atoms with E-state index in [9.17, 15) is 5.11 Å². The molecule has 0 amide bonds. The van der Waals surface area contributed by atoms with Crippen LogP contribution in [0.5, 0.6) is 0 Å². The quantitative estimate of drug-likeness (QED) is 0.804. The summed E-state index contributed by atoms with van der Waals surface area (Å²) in [5.41, 5.74) is 0. The molecule has 2 atom stereocenters. The average molecular weight is 198 g/mol. The molecule has 80 valence electrons. The third-order valence-corrected chi connectivity index (χ3v) is 2.31. The van der Waals surface area contributed by atoms with Crippen molar-refractivity contribution in [3.05, 3.63) is 11.7 Å². The van der Waals surface area contributed by atoms with E-state index >= 15 is 0 Å². The molecule has 4 heteroatoms. The lowest BCUT2D eigenvalue weighted by Gasteiger charge is -2.12. The first kappa shape index (κ1) is 11.2. The van der Waals surface area contributed by atoms with Gasteiger partial charge in [0, 0.05) is 5.92 Å². The van der Waals surface area contributed by atoms with E-state index in [1.807, 2.05) is 20.8 Å². The lowest BCUT2D eigenvalue weighted by molar-refractivity contribution is 0.141. The predicted octanol–water partition coefficient (Wildman–Crippen LogP) is 2.07. The number of hydrogen-bond donors (Lipinski definition) is 1. The van der Waals surface area contributed by atoms with Crippen molar-refractivity contribution < 1.29 is 9.63 Å². The Morgan fingerprint density at radius 3 is 2.36 bits per heavy atom. The molecular weight excluding hydrogens is 180 g/mol. The molecule has 0 aliphatic rings. The highest BCUT2D eigenvalue weighted by Crippen LogP contribution is 2.23. The predicted molar refractivity (Wildman–Crippen MR) is 53.1 cm³/mol. The van der Waals surface area contributed by atoms with Gasteiger partial charge in [-0.25, -0.2) is 0 Å². The highest BCUT2D eigenvalue weighted by Gasteiger charge is 2.22. The van der Waals surface area contributed by atoms with Gasteiger partial charge in [-0.3, -0.25) is 0 Å². The summed E-state index contributed by atoms with van der Waals surface area (Å²) in [4.78, 5) is 4.26. The maximum Gasteiger partial charge on any atom is 0.232 e. The minimum atomic E-state index is -0.444. The number of nitrogens with zero attached hydrogens (tertiary/aromatic N) is 2. The van der Waals surface area contributed by atoms with Crippen molar-refractivity contribution in [2.24, 2.45) is 0 Å². The summed E-state index contributed by atoms with van der Waals surface area (Å²) in [7, 11) is 0. The van der Waals surface area contributed by atoms with E-state index in [0.717, 1.165) is 6.42 Å². The van der Waals surface area contributed by atoms with Crippen LogP contribution in [0.2, 0.25) is 0 Å². The Morgan fingerprint density at radius 2 is 2.00 bits per heavy atom. The van der Waals surface area contributed by atoms with Gasteiger partial charge in [-0.2, -0.15) is 4.98 Å². The van der Waals surface area contributed by atoms with Gasteiger partial charge in [0.2, 0.25) is 5.89 Å². The van der Waals surface area contributed by atoms with Crippen LogP contribution in [0.4, 0.5) is 0 Å². The van der Waals surface area contributed by atoms with E-state index in [-0.39, 0.29) is 11.8 Å². The lowest BCUT2D eigenvalue weighted by Crippen LogP contribution is -2.14. The summed E-state index contributed by atoms with van der Waals surface area (Å²) in [6.07, 6.45) is 0.359. The molecule has 0 fully saturated rings.